The van der Waals surface area contributed by atoms with Crippen molar-refractivity contribution in [2.45, 2.75) is 46.6 Å². The second kappa shape index (κ2) is 5.63. The average Bonchev–Trinajstić information content (AvgIpc) is 2.16. The highest BCUT2D eigenvalue weighted by Crippen LogP contribution is 2.15. The van der Waals surface area contributed by atoms with Gasteiger partial charge < -0.3 is 10.1 Å². The summed E-state index contributed by atoms with van der Waals surface area (Å²) >= 11 is 0. The number of hydrogen-bond acceptors (Lipinski definition) is 5. The lowest BCUT2D eigenvalue weighted by atomic mass is 10.2. The van der Waals surface area contributed by atoms with E-state index in [0.29, 0.717) is 12.0 Å². The van der Waals surface area contributed by atoms with Gasteiger partial charge in [0.05, 0.1) is 6.10 Å². The van der Waals surface area contributed by atoms with Crippen molar-refractivity contribution < 1.29 is 4.74 Å². The van der Waals surface area contributed by atoms with E-state index in [1.165, 1.54) is 0 Å². The topological polar surface area (TPSA) is 59.9 Å². The molecule has 5 nitrogen and oxygen atoms in total. The van der Waals surface area contributed by atoms with Gasteiger partial charge in [0.15, 0.2) is 0 Å². The number of aromatic nitrogens is 3. The minimum atomic E-state index is 0.0666. The summed E-state index contributed by atoms with van der Waals surface area (Å²) in [5, 5.41) is 3.07. The van der Waals surface area contributed by atoms with Crippen LogP contribution in [0.5, 0.6) is 6.01 Å². The van der Waals surface area contributed by atoms with Gasteiger partial charge in [-0.2, -0.15) is 15.0 Å². The minimum absolute atomic E-state index is 0.0666. The summed E-state index contributed by atoms with van der Waals surface area (Å²) in [5.41, 5.74) is 0. The molecule has 0 aliphatic heterocycles. The Morgan fingerprint density at radius 1 is 1.12 bits per heavy atom. The molecule has 0 spiro atoms. The van der Waals surface area contributed by atoms with Crippen LogP contribution in [0.1, 0.15) is 46.4 Å². The third kappa shape index (κ3) is 3.64. The summed E-state index contributed by atoms with van der Waals surface area (Å²) in [6.07, 6.45) is 0.0666. The Morgan fingerprint density at radius 2 is 1.81 bits per heavy atom. The summed E-state index contributed by atoms with van der Waals surface area (Å²) in [5.74, 6) is 1.59. The van der Waals surface area contributed by atoms with Crippen LogP contribution in [0.4, 0.5) is 5.95 Å². The zero-order valence-electron chi connectivity index (χ0n) is 10.6. The van der Waals surface area contributed by atoms with Gasteiger partial charge in [-0.1, -0.05) is 13.8 Å². The van der Waals surface area contributed by atoms with Crippen molar-refractivity contribution in [1.82, 2.24) is 15.0 Å². The maximum atomic E-state index is 5.49. The molecule has 0 aliphatic rings. The molecule has 0 aliphatic carbocycles. The van der Waals surface area contributed by atoms with E-state index in [1.807, 2.05) is 34.6 Å². The Labute approximate surface area is 96.7 Å². The minimum Gasteiger partial charge on any atom is -0.461 e. The molecule has 1 aromatic rings. The van der Waals surface area contributed by atoms with Gasteiger partial charge in [0.25, 0.3) is 0 Å². The second-order valence-electron chi connectivity index (χ2n) is 4.15. The smallest absolute Gasteiger partial charge is 0.321 e. The number of nitrogens with one attached hydrogen (secondary N) is 1. The van der Waals surface area contributed by atoms with Gasteiger partial charge in [0.2, 0.25) is 5.95 Å². The number of hydrogen-bond donors (Lipinski definition) is 1. The van der Waals surface area contributed by atoms with Crippen molar-refractivity contribution in [3.8, 4) is 6.01 Å². The summed E-state index contributed by atoms with van der Waals surface area (Å²) in [6.45, 7) is 10.8. The highest BCUT2D eigenvalue weighted by molar-refractivity contribution is 5.26. The van der Waals surface area contributed by atoms with Gasteiger partial charge in [-0.25, -0.2) is 0 Å². The molecule has 0 unspecified atom stereocenters. The Balaban J connectivity index is 2.98. The van der Waals surface area contributed by atoms with Crippen molar-refractivity contribution in [2.24, 2.45) is 0 Å². The van der Waals surface area contributed by atoms with Crippen LogP contribution in [0.15, 0.2) is 0 Å². The first kappa shape index (κ1) is 12.7. The predicted octanol–water partition coefficient (Wildman–Crippen LogP) is 2.21. The predicted molar refractivity (Wildman–Crippen MR) is 63.8 cm³/mol. The summed E-state index contributed by atoms with van der Waals surface area (Å²) in [4.78, 5) is 12.8. The quantitative estimate of drug-likeness (QED) is 0.831. The van der Waals surface area contributed by atoms with E-state index < -0.39 is 0 Å². The molecule has 5 heteroatoms. The fourth-order valence-corrected chi connectivity index (χ4v) is 1.13. The van der Waals surface area contributed by atoms with E-state index in [1.54, 1.807) is 0 Å². The van der Waals surface area contributed by atoms with Crippen molar-refractivity contribution in [3.05, 3.63) is 5.82 Å². The van der Waals surface area contributed by atoms with E-state index in [9.17, 15) is 0 Å². The van der Waals surface area contributed by atoms with Crippen molar-refractivity contribution in [2.75, 3.05) is 11.9 Å². The van der Waals surface area contributed by atoms with Crippen LogP contribution in [-0.4, -0.2) is 27.6 Å². The van der Waals surface area contributed by atoms with Crippen LogP contribution >= 0.6 is 0 Å². The Bertz CT molecular complexity index is 339. The zero-order chi connectivity index (χ0) is 12.1. The molecule has 1 aromatic heterocycles. The highest BCUT2D eigenvalue weighted by atomic mass is 16.5. The molecule has 90 valence electrons. The lowest BCUT2D eigenvalue weighted by molar-refractivity contribution is 0.220. The molecule has 0 saturated heterocycles. The molecular weight excluding hydrogens is 204 g/mol. The average molecular weight is 224 g/mol. The first-order valence-electron chi connectivity index (χ1n) is 5.69. The largest absolute Gasteiger partial charge is 0.461 e. The maximum absolute atomic E-state index is 5.49. The number of nitrogens with zero attached hydrogens (tertiary/aromatic N) is 3. The van der Waals surface area contributed by atoms with Crippen LogP contribution in [0, 0.1) is 0 Å². The zero-order valence-corrected chi connectivity index (χ0v) is 10.6. The van der Waals surface area contributed by atoms with Crippen LogP contribution in [0.25, 0.3) is 0 Å². The van der Waals surface area contributed by atoms with Crippen molar-refractivity contribution >= 4 is 5.95 Å². The number of ether oxygens (including phenoxy) is 1. The van der Waals surface area contributed by atoms with E-state index in [2.05, 4.69) is 20.3 Å². The normalized spacial score (nSPS) is 10.9. The van der Waals surface area contributed by atoms with Gasteiger partial charge in [-0.3, -0.25) is 0 Å². The van der Waals surface area contributed by atoms with Gasteiger partial charge in [-0.15, -0.1) is 0 Å². The molecule has 1 rings (SSSR count). The molecule has 0 radical (unpaired) electrons. The molecule has 0 aromatic carbocycles. The summed E-state index contributed by atoms with van der Waals surface area (Å²) in [7, 11) is 0. The molecule has 0 amide bonds. The van der Waals surface area contributed by atoms with E-state index in [0.717, 1.165) is 12.4 Å². The van der Waals surface area contributed by atoms with Crippen molar-refractivity contribution in [1.29, 1.82) is 0 Å². The van der Waals surface area contributed by atoms with Gasteiger partial charge >= 0.3 is 6.01 Å². The van der Waals surface area contributed by atoms with Gasteiger partial charge in [0, 0.05) is 12.5 Å². The number of rotatable bonds is 5. The van der Waals surface area contributed by atoms with E-state index >= 15 is 0 Å². The lowest BCUT2D eigenvalue weighted by Gasteiger charge is -2.12. The molecule has 0 bridgehead atoms. The third-order valence-corrected chi connectivity index (χ3v) is 1.82. The highest BCUT2D eigenvalue weighted by Gasteiger charge is 2.10. The lowest BCUT2D eigenvalue weighted by Crippen LogP contribution is -2.13. The van der Waals surface area contributed by atoms with E-state index in [4.69, 9.17) is 4.74 Å². The van der Waals surface area contributed by atoms with Crippen LogP contribution in [0.3, 0.4) is 0 Å². The fraction of sp³-hybridized carbons (Fsp3) is 0.727. The Morgan fingerprint density at radius 3 is 2.31 bits per heavy atom. The Kier molecular flexibility index (Phi) is 4.46. The standard InChI is InChI=1S/C11H20N4O/c1-6-12-10-13-9(7(2)3)14-11(15-10)16-8(4)5/h7-8H,6H2,1-5H3,(H,12,13,14,15). The monoisotopic (exact) mass is 224 g/mol. The second-order valence-corrected chi connectivity index (χ2v) is 4.15. The molecular formula is C11H20N4O. The molecule has 0 fully saturated rings. The molecule has 0 saturated carbocycles. The van der Waals surface area contributed by atoms with Gasteiger partial charge in [0.1, 0.15) is 5.82 Å². The fourth-order valence-electron chi connectivity index (χ4n) is 1.13. The molecule has 0 atom stereocenters. The third-order valence-electron chi connectivity index (χ3n) is 1.82. The van der Waals surface area contributed by atoms with Crippen LogP contribution in [-0.2, 0) is 0 Å². The molecule has 1 N–H and O–H groups in total. The number of anilines is 1. The van der Waals surface area contributed by atoms with Crippen LogP contribution in [0.2, 0.25) is 0 Å². The van der Waals surface area contributed by atoms with Gasteiger partial charge in [-0.05, 0) is 20.8 Å². The first-order chi connectivity index (χ1) is 7.52. The van der Waals surface area contributed by atoms with Crippen LogP contribution < -0.4 is 10.1 Å². The molecule has 16 heavy (non-hydrogen) atoms. The Hall–Kier alpha value is -1.39. The summed E-state index contributed by atoms with van der Waals surface area (Å²) in [6, 6.07) is 0.393. The van der Waals surface area contributed by atoms with Crippen molar-refractivity contribution in [3.63, 3.8) is 0 Å². The maximum Gasteiger partial charge on any atom is 0.321 e. The SMILES string of the molecule is CCNc1nc(OC(C)C)nc(C(C)C)n1. The summed E-state index contributed by atoms with van der Waals surface area (Å²) < 4.78 is 5.49. The first-order valence-corrected chi connectivity index (χ1v) is 5.69. The van der Waals surface area contributed by atoms with E-state index in [-0.39, 0.29) is 12.0 Å². The molecule has 1 heterocycles.